The van der Waals surface area contributed by atoms with Gasteiger partial charge in [0.05, 0.1) is 24.7 Å². The van der Waals surface area contributed by atoms with Gasteiger partial charge in [0.2, 0.25) is 0 Å². The van der Waals surface area contributed by atoms with E-state index in [1.165, 1.54) is 75.5 Å². The number of ether oxygens (including phenoxy) is 1. The topological polar surface area (TPSA) is 334 Å². The summed E-state index contributed by atoms with van der Waals surface area (Å²) in [5, 5.41) is 0. The van der Waals surface area contributed by atoms with Crippen molar-refractivity contribution < 1.29 is 72.1 Å². The Hall–Kier alpha value is -0.730. The van der Waals surface area contributed by atoms with Gasteiger partial charge in [-0.1, -0.05) is 6.92 Å². The van der Waals surface area contributed by atoms with E-state index in [0.717, 1.165) is 74.1 Å². The van der Waals surface area contributed by atoms with Gasteiger partial charge in [-0.2, -0.15) is 131 Å². The molecule has 0 aliphatic carbocycles. The lowest BCUT2D eigenvalue weighted by Crippen LogP contribution is -2.50. The van der Waals surface area contributed by atoms with Crippen molar-refractivity contribution in [3.05, 3.63) is 0 Å². The van der Waals surface area contributed by atoms with E-state index < -0.39 is 81.3 Å². The Balaban J connectivity index is 0.000000520. The molecule has 0 atom stereocenters. The van der Waals surface area contributed by atoms with E-state index in [0.29, 0.717) is 97.7 Å². The number of piperidine rings is 1. The molecule has 7 aliphatic rings. The quantitative estimate of drug-likeness (QED) is 0.162. The lowest BCUT2D eigenvalue weighted by atomic mass is 10.0. The van der Waals surface area contributed by atoms with Gasteiger partial charge in [0.15, 0.2) is 9.84 Å². The summed E-state index contributed by atoms with van der Waals surface area (Å²) in [7, 11) is 0.137. The Morgan fingerprint density at radius 2 is 0.573 bits per heavy atom. The van der Waals surface area contributed by atoms with Crippen LogP contribution in [0.4, 0.5) is 0 Å². The number of nitrogens with zero attached hydrogens (tertiary/aromatic N) is 16. The number of morpholine rings is 1. The predicted octanol–water partition coefficient (Wildman–Crippen LogP) is -3.63. The molecule has 534 valence electrons. The zero-order valence-corrected chi connectivity index (χ0v) is 63.2. The fourth-order valence-corrected chi connectivity index (χ4v) is 18.9. The molecule has 0 saturated carbocycles. The molecule has 33 nitrogen and oxygen atoms in total. The van der Waals surface area contributed by atoms with E-state index in [4.69, 9.17) is 4.74 Å². The van der Waals surface area contributed by atoms with Crippen LogP contribution in [0.2, 0.25) is 0 Å². The van der Waals surface area contributed by atoms with Crippen molar-refractivity contribution in [3.63, 3.8) is 0 Å². The van der Waals surface area contributed by atoms with Crippen LogP contribution in [0.5, 0.6) is 0 Å². The first-order valence-corrected chi connectivity index (χ1v) is 42.0. The van der Waals surface area contributed by atoms with Crippen LogP contribution in [0.15, 0.2) is 0 Å². The Kier molecular flexibility index (Phi) is 37.7. The summed E-state index contributed by atoms with van der Waals surface area (Å²) in [6, 6.07) is 0. The van der Waals surface area contributed by atoms with Crippen molar-refractivity contribution in [2.24, 2.45) is 5.92 Å². The summed E-state index contributed by atoms with van der Waals surface area (Å²) < 4.78 is 208. The molecule has 0 N–H and O–H groups in total. The van der Waals surface area contributed by atoms with Crippen LogP contribution in [-0.4, -0.2) is 404 Å². The molecule has 7 saturated heterocycles. The van der Waals surface area contributed by atoms with Crippen LogP contribution in [0.1, 0.15) is 39.0 Å². The number of hydrogen-bond donors (Lipinski definition) is 0. The van der Waals surface area contributed by atoms with Gasteiger partial charge in [0.1, 0.15) is 0 Å². The molecule has 0 aromatic rings. The highest BCUT2D eigenvalue weighted by Crippen LogP contribution is 2.20. The highest BCUT2D eigenvalue weighted by Gasteiger charge is 2.33. The van der Waals surface area contributed by atoms with Gasteiger partial charge in [-0.05, 0) is 58.7 Å². The predicted molar refractivity (Wildman–Crippen MR) is 353 cm³/mol. The average Bonchev–Trinajstić information content (AvgIpc) is 2.62. The summed E-state index contributed by atoms with van der Waals surface area (Å²) in [5.74, 6) is 2.31. The first kappa shape index (κ1) is 86.3. The molecule has 0 aromatic heterocycles. The maximum Gasteiger partial charge on any atom is 0.281 e. The molecule has 0 radical (unpaired) electrons. The smallest absolute Gasteiger partial charge is 0.281 e. The average molecular weight is 1460 g/mol. The van der Waals surface area contributed by atoms with Crippen LogP contribution >= 0.6 is 11.8 Å². The van der Waals surface area contributed by atoms with Crippen molar-refractivity contribution >= 4 is 93.1 Å². The standard InChI is InChI=1S/C8H19N3O2S.C8H18N2O2S.C7H17N3O2S.C6H14N2O4S2.C6H14N2O3S.C6H14N2O2S2.C6H14N2O2S/c1-9(2)14(12,13)11-6-4-5-10(3)7-8-11;1-8-4-6-10(7-5-8)13(11,12)9(2)3;1-8(2)13(11,12)10-6-4-9(3)5-7-10;1-7(2)14(11,12)8-3-5-13(9,10)6-4-8;2*1-7(2)12(9,10)8-3-5-11-6-4-8;1-7(2)11(9,10)8-5-3-4-6-8/h4-8H2,1-3H3;8H,4-7H2,1-3H3;4-7H2,1-3H3;3-6H2,1-2H3;2*3-6H2,1-2H3;3-6H2,1-2H3. The van der Waals surface area contributed by atoms with Crippen LogP contribution < -0.4 is 0 Å². The Morgan fingerprint density at radius 3 is 0.899 bits per heavy atom. The summed E-state index contributed by atoms with van der Waals surface area (Å²) in [5.41, 5.74) is 0. The highest BCUT2D eigenvalue weighted by atomic mass is 32.2. The molecular formula is C47H110N16O17S9. The number of sulfone groups is 1. The van der Waals surface area contributed by atoms with Gasteiger partial charge in [-0.25, -0.2) is 8.42 Å². The SMILES string of the molecule is CC1CCN(S(=O)(=O)N(C)C)CC1.CN(C)S(=O)(=O)N1CCCC1.CN(C)S(=O)(=O)N1CCOCC1.CN(C)S(=O)(=O)N1CCS(=O)(=O)CC1.CN(C)S(=O)(=O)N1CCSCC1.CN1CCCN(S(=O)(=O)N(C)C)CC1.CN1CCN(S(=O)(=O)N(C)C)CC1. The summed E-state index contributed by atoms with van der Waals surface area (Å²) in [4.78, 5) is 4.28. The van der Waals surface area contributed by atoms with Gasteiger partial charge in [-0.3, -0.25) is 0 Å². The van der Waals surface area contributed by atoms with E-state index in [-0.39, 0.29) is 24.6 Å². The molecule has 0 unspecified atom stereocenters. The number of likely N-dealkylation sites (N-methyl/N-ethyl adjacent to an activating group) is 2. The van der Waals surface area contributed by atoms with Crippen LogP contribution in [0.3, 0.4) is 0 Å². The number of piperazine rings is 1. The Bertz CT molecular complexity index is 2870. The second kappa shape index (κ2) is 38.9. The molecule has 7 heterocycles. The summed E-state index contributed by atoms with van der Waals surface area (Å²) in [6.07, 6.45) is 4.85. The van der Waals surface area contributed by atoms with Crippen LogP contribution in [0.25, 0.3) is 0 Å². The third kappa shape index (κ3) is 28.5. The molecule has 7 rings (SSSR count). The Morgan fingerprint density at radius 1 is 0.326 bits per heavy atom. The summed E-state index contributed by atoms with van der Waals surface area (Å²) >= 11 is 1.80. The number of thioether (sulfide) groups is 1. The minimum atomic E-state index is -3.45. The fraction of sp³-hybridized carbons (Fsp3) is 1.00. The van der Waals surface area contributed by atoms with Crippen molar-refractivity contribution in [2.45, 2.75) is 39.0 Å². The van der Waals surface area contributed by atoms with Crippen molar-refractivity contribution in [1.29, 1.82) is 0 Å². The van der Waals surface area contributed by atoms with Gasteiger partial charge >= 0.3 is 0 Å². The molecular weight excluding hydrogens is 1350 g/mol. The van der Waals surface area contributed by atoms with E-state index in [2.05, 4.69) is 16.7 Å². The first-order valence-electron chi connectivity index (χ1n) is 29.2. The van der Waals surface area contributed by atoms with Crippen LogP contribution in [0, 0.1) is 5.92 Å². The second-order valence-corrected chi connectivity index (χ2v) is 41.6. The maximum absolute atomic E-state index is 11.8. The third-order valence-electron chi connectivity index (χ3n) is 14.7. The highest BCUT2D eigenvalue weighted by molar-refractivity contribution is 7.99. The molecule has 42 heteroatoms. The van der Waals surface area contributed by atoms with E-state index in [1.807, 2.05) is 14.1 Å². The molecule has 89 heavy (non-hydrogen) atoms. The first-order chi connectivity index (χ1) is 40.7. The molecule has 0 bridgehead atoms. The Labute approximate surface area is 543 Å². The zero-order valence-electron chi connectivity index (χ0n) is 55.9. The second-order valence-electron chi connectivity index (χ2n) is 23.1. The lowest BCUT2D eigenvalue weighted by molar-refractivity contribution is 0.0710. The maximum atomic E-state index is 11.8. The minimum Gasteiger partial charge on any atom is -0.379 e. The van der Waals surface area contributed by atoms with E-state index in [1.54, 1.807) is 90.8 Å². The molecule has 7 aliphatic heterocycles. The third-order valence-corrected chi connectivity index (χ3v) is 30.8. The normalized spacial score (nSPS) is 22.3. The monoisotopic (exact) mass is 1460 g/mol. The van der Waals surface area contributed by atoms with E-state index in [9.17, 15) is 67.3 Å². The lowest BCUT2D eigenvalue weighted by Gasteiger charge is -2.32. The van der Waals surface area contributed by atoms with Crippen molar-refractivity contribution in [2.75, 3.05) is 267 Å². The molecule has 0 aromatic carbocycles. The molecule has 7 fully saturated rings. The largest absolute Gasteiger partial charge is 0.379 e. The number of hydrogen-bond acceptors (Lipinski definition) is 20. The van der Waals surface area contributed by atoms with Gasteiger partial charge < -0.3 is 14.5 Å². The summed E-state index contributed by atoms with van der Waals surface area (Å²) in [6.45, 7) is 14.0. The zero-order chi connectivity index (χ0) is 68.7. The molecule has 0 spiro atoms. The van der Waals surface area contributed by atoms with Crippen LogP contribution in [-0.2, 0) is 86.0 Å². The fourth-order valence-electron chi connectivity index (χ4n) is 8.50. The van der Waals surface area contributed by atoms with Crippen molar-refractivity contribution in [1.82, 2.24) is 70.1 Å². The van der Waals surface area contributed by atoms with Gasteiger partial charge in [-0.15, -0.1) is 0 Å². The van der Waals surface area contributed by atoms with Crippen molar-refractivity contribution in [3.8, 4) is 0 Å². The molecule has 0 amide bonds. The van der Waals surface area contributed by atoms with E-state index >= 15 is 0 Å². The minimum absolute atomic E-state index is 0.0584. The van der Waals surface area contributed by atoms with Gasteiger partial charge in [0, 0.05) is 221 Å². The van der Waals surface area contributed by atoms with Gasteiger partial charge in [0.25, 0.3) is 71.5 Å². The number of rotatable bonds is 14.